The Labute approximate surface area is 175 Å². The summed E-state index contributed by atoms with van der Waals surface area (Å²) in [6, 6.07) is 12.1. The van der Waals surface area contributed by atoms with Gasteiger partial charge in [-0.05, 0) is 55.8 Å². The lowest BCUT2D eigenvalue weighted by Gasteiger charge is -2.18. The van der Waals surface area contributed by atoms with E-state index in [1.54, 1.807) is 11.1 Å². The van der Waals surface area contributed by atoms with Crippen molar-refractivity contribution in [3.05, 3.63) is 63.8 Å². The van der Waals surface area contributed by atoms with Gasteiger partial charge in [0.2, 0.25) is 0 Å². The largest absolute Gasteiger partial charge is 0.378 e. The highest BCUT2D eigenvalue weighted by molar-refractivity contribution is 8.03. The van der Waals surface area contributed by atoms with Crippen molar-refractivity contribution in [3.63, 3.8) is 0 Å². The number of hydrogen-bond donors (Lipinski definition) is 2. The summed E-state index contributed by atoms with van der Waals surface area (Å²) in [6.45, 7) is 0. The molecule has 148 valence electrons. The first-order valence-electron chi connectivity index (χ1n) is 9.08. The molecule has 7 heteroatoms. The van der Waals surface area contributed by atoms with Crippen LogP contribution in [-0.2, 0) is 0 Å². The Morgan fingerprint density at radius 2 is 1.96 bits per heavy atom. The van der Waals surface area contributed by atoms with Crippen LogP contribution >= 0.6 is 23.4 Å². The number of thioether (sulfide) groups is 1. The average Bonchev–Trinajstić information content (AvgIpc) is 3.49. The van der Waals surface area contributed by atoms with Gasteiger partial charge in [0, 0.05) is 19.2 Å². The summed E-state index contributed by atoms with van der Waals surface area (Å²) in [5, 5.41) is 20.1. The van der Waals surface area contributed by atoms with Crippen molar-refractivity contribution < 1.29 is 5.11 Å². The SMILES string of the molecule is CN(C=N)/C(=C/c1ccc([C@H]2C[C@@H]2C(O)N(C)C)cc1)Sc1ccc(Cl)cn1. The number of pyridine rings is 1. The van der Waals surface area contributed by atoms with Crippen LogP contribution in [0.4, 0.5) is 0 Å². The van der Waals surface area contributed by atoms with Gasteiger partial charge in [0.1, 0.15) is 11.3 Å². The number of aromatic nitrogens is 1. The van der Waals surface area contributed by atoms with E-state index in [9.17, 15) is 5.11 Å². The molecule has 2 aromatic rings. The highest BCUT2D eigenvalue weighted by Crippen LogP contribution is 2.49. The molecule has 5 nitrogen and oxygen atoms in total. The molecule has 0 amide bonds. The van der Waals surface area contributed by atoms with E-state index in [-0.39, 0.29) is 6.23 Å². The zero-order chi connectivity index (χ0) is 20.3. The van der Waals surface area contributed by atoms with Crippen LogP contribution in [0.3, 0.4) is 0 Å². The molecular formula is C21H25ClN4OS. The van der Waals surface area contributed by atoms with Crippen LogP contribution in [0.25, 0.3) is 6.08 Å². The standard InChI is InChI=1S/C21H25ClN4OS/c1-25(2)21(27)18-11-17(18)15-6-4-14(5-7-15)10-20(26(3)13-23)28-19-9-8-16(22)12-24-19/h4-10,12-13,17-18,21,23,27H,11H2,1-3H3/b20-10-,23-13?/t17-,18+,21?/m1/s1. The fraction of sp³-hybridized carbons (Fsp3) is 0.333. The molecule has 1 aromatic carbocycles. The number of nitrogens with one attached hydrogen (secondary N) is 1. The number of hydrogen-bond acceptors (Lipinski definition) is 5. The van der Waals surface area contributed by atoms with E-state index < -0.39 is 0 Å². The van der Waals surface area contributed by atoms with Gasteiger partial charge in [-0.2, -0.15) is 0 Å². The van der Waals surface area contributed by atoms with Crippen LogP contribution in [0.2, 0.25) is 5.02 Å². The van der Waals surface area contributed by atoms with E-state index in [0.29, 0.717) is 16.9 Å². The Bertz CT molecular complexity index is 838. The second kappa shape index (κ2) is 9.09. The molecule has 1 aromatic heterocycles. The zero-order valence-corrected chi connectivity index (χ0v) is 17.8. The summed E-state index contributed by atoms with van der Waals surface area (Å²) in [4.78, 5) is 7.94. The fourth-order valence-corrected chi connectivity index (χ4v) is 4.05. The minimum absolute atomic E-state index is 0.308. The third-order valence-corrected chi connectivity index (χ3v) is 6.15. The molecule has 1 fully saturated rings. The summed E-state index contributed by atoms with van der Waals surface area (Å²) in [6.07, 6.45) is 5.57. The molecule has 0 radical (unpaired) electrons. The second-order valence-electron chi connectivity index (χ2n) is 7.19. The topological polar surface area (TPSA) is 63.5 Å². The normalized spacial score (nSPS) is 20.1. The maximum absolute atomic E-state index is 10.2. The van der Waals surface area contributed by atoms with Crippen molar-refractivity contribution in [3.8, 4) is 0 Å². The summed E-state index contributed by atoms with van der Waals surface area (Å²) in [7, 11) is 5.65. The molecule has 1 aliphatic carbocycles. The monoisotopic (exact) mass is 416 g/mol. The van der Waals surface area contributed by atoms with Gasteiger partial charge in [-0.3, -0.25) is 10.3 Å². The molecule has 2 N–H and O–H groups in total. The molecule has 0 bridgehead atoms. The minimum Gasteiger partial charge on any atom is -0.378 e. The van der Waals surface area contributed by atoms with E-state index in [2.05, 4.69) is 29.2 Å². The van der Waals surface area contributed by atoms with Gasteiger partial charge in [0.05, 0.1) is 16.4 Å². The van der Waals surface area contributed by atoms with Gasteiger partial charge in [0.15, 0.2) is 0 Å². The van der Waals surface area contributed by atoms with Gasteiger partial charge >= 0.3 is 0 Å². The molecular weight excluding hydrogens is 392 g/mol. The Morgan fingerprint density at radius 1 is 1.25 bits per heavy atom. The van der Waals surface area contributed by atoms with Crippen LogP contribution in [0.15, 0.2) is 52.7 Å². The van der Waals surface area contributed by atoms with E-state index in [1.807, 2.05) is 44.3 Å². The van der Waals surface area contributed by atoms with Crippen LogP contribution in [0.5, 0.6) is 0 Å². The van der Waals surface area contributed by atoms with Crippen LogP contribution in [0, 0.1) is 11.3 Å². The third-order valence-electron chi connectivity index (χ3n) is 4.86. The van der Waals surface area contributed by atoms with E-state index in [4.69, 9.17) is 17.0 Å². The van der Waals surface area contributed by atoms with Crippen molar-refractivity contribution >= 4 is 35.8 Å². The third kappa shape index (κ3) is 5.14. The molecule has 0 spiro atoms. The van der Waals surface area contributed by atoms with Gasteiger partial charge < -0.3 is 10.0 Å². The lowest BCUT2D eigenvalue weighted by atomic mass is 10.1. The van der Waals surface area contributed by atoms with Gasteiger partial charge in [0.25, 0.3) is 0 Å². The molecule has 3 atom stereocenters. The molecule has 1 heterocycles. The van der Waals surface area contributed by atoms with Crippen molar-refractivity contribution in [2.75, 3.05) is 21.1 Å². The summed E-state index contributed by atoms with van der Waals surface area (Å²) in [5.74, 6) is 0.731. The molecule has 0 saturated heterocycles. The summed E-state index contributed by atoms with van der Waals surface area (Å²) < 4.78 is 0. The Morgan fingerprint density at radius 3 is 2.54 bits per heavy atom. The van der Waals surface area contributed by atoms with E-state index in [0.717, 1.165) is 22.0 Å². The van der Waals surface area contributed by atoms with Crippen molar-refractivity contribution in [2.24, 2.45) is 5.92 Å². The summed E-state index contributed by atoms with van der Waals surface area (Å²) >= 11 is 7.39. The van der Waals surface area contributed by atoms with Gasteiger partial charge in [-0.1, -0.05) is 47.6 Å². The Hall–Kier alpha value is -1.86. The van der Waals surface area contributed by atoms with Gasteiger partial charge in [-0.15, -0.1) is 0 Å². The predicted molar refractivity (Wildman–Crippen MR) is 117 cm³/mol. The van der Waals surface area contributed by atoms with Crippen LogP contribution in [0.1, 0.15) is 23.5 Å². The number of halogens is 1. The first-order chi connectivity index (χ1) is 13.4. The van der Waals surface area contributed by atoms with Gasteiger partial charge in [-0.25, -0.2) is 4.98 Å². The number of benzene rings is 1. The van der Waals surface area contributed by atoms with Crippen molar-refractivity contribution in [2.45, 2.75) is 23.6 Å². The number of aliphatic hydroxyl groups excluding tert-OH is 1. The molecule has 3 rings (SSSR count). The van der Waals surface area contributed by atoms with Crippen molar-refractivity contribution in [1.82, 2.24) is 14.8 Å². The zero-order valence-electron chi connectivity index (χ0n) is 16.2. The minimum atomic E-state index is -0.388. The molecule has 28 heavy (non-hydrogen) atoms. The quantitative estimate of drug-likeness (QED) is 0.290. The Balaban J connectivity index is 1.74. The molecule has 1 aliphatic rings. The number of aliphatic hydroxyl groups is 1. The number of rotatable bonds is 8. The van der Waals surface area contributed by atoms with Crippen molar-refractivity contribution in [1.29, 1.82) is 5.41 Å². The highest BCUT2D eigenvalue weighted by Gasteiger charge is 2.44. The summed E-state index contributed by atoms with van der Waals surface area (Å²) in [5.41, 5.74) is 2.32. The lowest BCUT2D eigenvalue weighted by molar-refractivity contribution is 0.0200. The molecule has 1 unspecified atom stereocenters. The van der Waals surface area contributed by atoms with Crippen LogP contribution in [-0.4, -0.2) is 53.6 Å². The highest BCUT2D eigenvalue weighted by atomic mass is 35.5. The molecule has 1 saturated carbocycles. The Kier molecular flexibility index (Phi) is 6.78. The predicted octanol–water partition coefficient (Wildman–Crippen LogP) is 4.35. The first kappa shape index (κ1) is 20.9. The number of nitrogens with zero attached hydrogens (tertiary/aromatic N) is 3. The molecule has 0 aliphatic heterocycles. The van der Waals surface area contributed by atoms with E-state index >= 15 is 0 Å². The second-order valence-corrected chi connectivity index (χ2v) is 8.67. The maximum atomic E-state index is 10.2. The van der Waals surface area contributed by atoms with Crippen LogP contribution < -0.4 is 0 Å². The lowest BCUT2D eigenvalue weighted by Crippen LogP contribution is -2.29. The fourth-order valence-electron chi connectivity index (χ4n) is 3.09. The average molecular weight is 417 g/mol. The maximum Gasteiger partial charge on any atom is 0.110 e. The smallest absolute Gasteiger partial charge is 0.110 e. The van der Waals surface area contributed by atoms with E-state index in [1.165, 1.54) is 23.7 Å². The first-order valence-corrected chi connectivity index (χ1v) is 10.3.